The average Bonchev–Trinajstić information content (AvgIpc) is 3.10. The molecule has 1 amide bonds. The third-order valence-electron chi connectivity index (χ3n) is 3.86. The Balaban J connectivity index is 1.71. The molecule has 0 fully saturated rings. The van der Waals surface area contributed by atoms with Crippen molar-refractivity contribution in [1.29, 1.82) is 0 Å². The van der Waals surface area contributed by atoms with Crippen LogP contribution in [0.1, 0.15) is 6.92 Å². The number of nitrogens with one attached hydrogen (secondary N) is 1. The number of hydrogen-bond donors (Lipinski definition) is 1. The van der Waals surface area contributed by atoms with Gasteiger partial charge in [0.15, 0.2) is 11.0 Å². The van der Waals surface area contributed by atoms with Crippen molar-refractivity contribution in [2.24, 2.45) is 0 Å². The predicted octanol–water partition coefficient (Wildman–Crippen LogP) is 3.84. The van der Waals surface area contributed by atoms with E-state index in [1.165, 1.54) is 17.8 Å². The van der Waals surface area contributed by atoms with Crippen molar-refractivity contribution >= 4 is 23.4 Å². The van der Waals surface area contributed by atoms with Gasteiger partial charge in [-0.1, -0.05) is 36.0 Å². The highest BCUT2D eigenvalue weighted by Gasteiger charge is 2.17. The number of carbonyl (C=O) groups excluding carboxylic acids is 1. The Morgan fingerprint density at radius 3 is 2.67 bits per heavy atom. The van der Waals surface area contributed by atoms with Gasteiger partial charge in [0, 0.05) is 6.54 Å². The number of benzene rings is 2. The number of ether oxygens (including phenoxy) is 1. The number of methoxy groups -OCH3 is 1. The van der Waals surface area contributed by atoms with E-state index in [9.17, 15) is 9.18 Å². The van der Waals surface area contributed by atoms with Crippen molar-refractivity contribution in [1.82, 2.24) is 14.8 Å². The van der Waals surface area contributed by atoms with E-state index in [1.807, 2.05) is 19.1 Å². The number of rotatable bonds is 7. The molecule has 0 saturated carbocycles. The molecule has 1 aromatic heterocycles. The molecule has 140 valence electrons. The van der Waals surface area contributed by atoms with Crippen LogP contribution in [0.25, 0.3) is 11.4 Å². The lowest BCUT2D eigenvalue weighted by molar-refractivity contribution is -0.113. The fraction of sp³-hybridized carbons (Fsp3) is 0.211. The van der Waals surface area contributed by atoms with Gasteiger partial charge < -0.3 is 14.6 Å². The summed E-state index contributed by atoms with van der Waals surface area (Å²) in [5, 5.41) is 11.6. The van der Waals surface area contributed by atoms with Crippen molar-refractivity contribution in [2.75, 3.05) is 18.2 Å². The molecule has 27 heavy (non-hydrogen) atoms. The fourth-order valence-corrected chi connectivity index (χ4v) is 3.39. The van der Waals surface area contributed by atoms with Gasteiger partial charge in [-0.15, -0.1) is 10.2 Å². The maximum absolute atomic E-state index is 14.1. The average molecular weight is 386 g/mol. The molecule has 0 aliphatic rings. The number of amides is 1. The number of para-hydroxylation sites is 2. The van der Waals surface area contributed by atoms with Crippen LogP contribution in [-0.2, 0) is 11.3 Å². The summed E-state index contributed by atoms with van der Waals surface area (Å²) in [5.41, 5.74) is 0.992. The van der Waals surface area contributed by atoms with Crippen LogP contribution >= 0.6 is 11.8 Å². The van der Waals surface area contributed by atoms with Crippen molar-refractivity contribution in [3.8, 4) is 17.1 Å². The number of nitrogens with zero attached hydrogens (tertiary/aromatic N) is 3. The largest absolute Gasteiger partial charge is 0.495 e. The zero-order chi connectivity index (χ0) is 19.2. The Morgan fingerprint density at radius 1 is 1.19 bits per heavy atom. The monoisotopic (exact) mass is 386 g/mol. The highest BCUT2D eigenvalue weighted by atomic mass is 32.2. The van der Waals surface area contributed by atoms with E-state index in [0.717, 1.165) is 0 Å². The minimum Gasteiger partial charge on any atom is -0.495 e. The van der Waals surface area contributed by atoms with Crippen LogP contribution in [0.15, 0.2) is 53.7 Å². The molecule has 2 aromatic carbocycles. The number of thioether (sulfide) groups is 1. The van der Waals surface area contributed by atoms with Crippen molar-refractivity contribution in [2.45, 2.75) is 18.6 Å². The Morgan fingerprint density at radius 2 is 1.93 bits per heavy atom. The quantitative estimate of drug-likeness (QED) is 0.625. The standard InChI is InChI=1S/C19H19FN4O2S/c1-3-24-18(13-8-4-5-9-14(13)20)22-23-19(24)27-12-17(25)21-15-10-6-7-11-16(15)26-2/h4-11H,3,12H2,1-2H3,(H,21,25). The Labute approximate surface area is 160 Å². The van der Waals surface area contributed by atoms with Gasteiger partial charge in [0.1, 0.15) is 11.6 Å². The van der Waals surface area contributed by atoms with Gasteiger partial charge in [0.05, 0.1) is 24.1 Å². The summed E-state index contributed by atoms with van der Waals surface area (Å²) >= 11 is 1.25. The van der Waals surface area contributed by atoms with E-state index < -0.39 is 0 Å². The lowest BCUT2D eigenvalue weighted by atomic mass is 10.2. The van der Waals surface area contributed by atoms with Gasteiger partial charge in [-0.3, -0.25) is 4.79 Å². The van der Waals surface area contributed by atoms with Gasteiger partial charge in [0.25, 0.3) is 0 Å². The highest BCUT2D eigenvalue weighted by Crippen LogP contribution is 2.27. The van der Waals surface area contributed by atoms with Crippen molar-refractivity contribution < 1.29 is 13.9 Å². The molecule has 0 aliphatic carbocycles. The van der Waals surface area contributed by atoms with E-state index in [0.29, 0.717) is 34.5 Å². The molecule has 3 rings (SSSR count). The van der Waals surface area contributed by atoms with Crippen molar-refractivity contribution in [3.05, 3.63) is 54.3 Å². The van der Waals surface area contributed by atoms with E-state index in [2.05, 4.69) is 15.5 Å². The van der Waals surface area contributed by atoms with Gasteiger partial charge in [-0.05, 0) is 31.2 Å². The molecule has 0 atom stereocenters. The fourth-order valence-electron chi connectivity index (χ4n) is 2.59. The molecule has 0 aliphatic heterocycles. The molecule has 0 spiro atoms. The van der Waals surface area contributed by atoms with E-state index in [1.54, 1.807) is 42.0 Å². The minimum atomic E-state index is -0.356. The first kappa shape index (κ1) is 18.9. The highest BCUT2D eigenvalue weighted by molar-refractivity contribution is 7.99. The van der Waals surface area contributed by atoms with E-state index >= 15 is 0 Å². The molecule has 0 unspecified atom stereocenters. The van der Waals surface area contributed by atoms with Gasteiger partial charge in [-0.25, -0.2) is 4.39 Å². The zero-order valence-electron chi connectivity index (χ0n) is 15.0. The van der Waals surface area contributed by atoms with Crippen LogP contribution in [0.5, 0.6) is 5.75 Å². The second-order valence-corrected chi connectivity index (χ2v) is 6.51. The summed E-state index contributed by atoms with van der Waals surface area (Å²) in [5.74, 6) is 0.637. The molecule has 1 heterocycles. The first-order valence-electron chi connectivity index (χ1n) is 8.37. The van der Waals surface area contributed by atoms with E-state index in [-0.39, 0.29) is 17.5 Å². The van der Waals surface area contributed by atoms with Gasteiger partial charge in [0.2, 0.25) is 5.91 Å². The normalized spacial score (nSPS) is 10.6. The van der Waals surface area contributed by atoms with Gasteiger partial charge >= 0.3 is 0 Å². The van der Waals surface area contributed by atoms with Gasteiger partial charge in [-0.2, -0.15) is 0 Å². The number of carbonyl (C=O) groups is 1. The number of anilines is 1. The molecular weight excluding hydrogens is 367 g/mol. The number of aromatic nitrogens is 3. The lowest BCUT2D eigenvalue weighted by Crippen LogP contribution is -2.15. The molecule has 0 saturated heterocycles. The first-order chi connectivity index (χ1) is 13.1. The summed E-state index contributed by atoms with van der Waals surface area (Å²) in [4.78, 5) is 12.3. The van der Waals surface area contributed by atoms with E-state index in [4.69, 9.17) is 4.74 Å². The predicted molar refractivity (Wildman–Crippen MR) is 103 cm³/mol. The second kappa shape index (κ2) is 8.68. The third kappa shape index (κ3) is 4.28. The van der Waals surface area contributed by atoms with Crippen LogP contribution < -0.4 is 10.1 Å². The summed E-state index contributed by atoms with van der Waals surface area (Å²) < 4.78 is 21.1. The first-order valence-corrected chi connectivity index (χ1v) is 9.36. The minimum absolute atomic E-state index is 0.146. The molecule has 8 heteroatoms. The molecule has 6 nitrogen and oxygen atoms in total. The molecule has 1 N–H and O–H groups in total. The van der Waals surface area contributed by atoms with Crippen LogP contribution in [-0.4, -0.2) is 33.5 Å². The Kier molecular flexibility index (Phi) is 6.08. The lowest BCUT2D eigenvalue weighted by Gasteiger charge is -2.10. The SMILES string of the molecule is CCn1c(SCC(=O)Nc2ccccc2OC)nnc1-c1ccccc1F. The summed E-state index contributed by atoms with van der Waals surface area (Å²) in [6, 6.07) is 13.6. The van der Waals surface area contributed by atoms with Crippen LogP contribution in [0, 0.1) is 5.82 Å². The smallest absolute Gasteiger partial charge is 0.234 e. The maximum Gasteiger partial charge on any atom is 0.234 e. The number of halogens is 1. The maximum atomic E-state index is 14.1. The number of hydrogen-bond acceptors (Lipinski definition) is 5. The van der Waals surface area contributed by atoms with Crippen LogP contribution in [0.4, 0.5) is 10.1 Å². The topological polar surface area (TPSA) is 69.0 Å². The molecule has 0 radical (unpaired) electrons. The molecular formula is C19H19FN4O2S. The third-order valence-corrected chi connectivity index (χ3v) is 4.83. The Bertz CT molecular complexity index is 945. The Hall–Kier alpha value is -2.87. The molecule has 0 bridgehead atoms. The summed E-state index contributed by atoms with van der Waals surface area (Å²) in [6.45, 7) is 2.49. The molecule has 3 aromatic rings. The summed E-state index contributed by atoms with van der Waals surface area (Å²) in [7, 11) is 1.55. The van der Waals surface area contributed by atoms with Crippen LogP contribution in [0.2, 0.25) is 0 Å². The summed E-state index contributed by atoms with van der Waals surface area (Å²) in [6.07, 6.45) is 0. The van der Waals surface area contributed by atoms with Crippen molar-refractivity contribution in [3.63, 3.8) is 0 Å². The van der Waals surface area contributed by atoms with Crippen LogP contribution in [0.3, 0.4) is 0 Å². The zero-order valence-corrected chi connectivity index (χ0v) is 15.8. The second-order valence-electron chi connectivity index (χ2n) is 5.57.